The van der Waals surface area contributed by atoms with Gasteiger partial charge in [-0.15, -0.1) is 0 Å². The molecule has 2 heterocycles. The van der Waals surface area contributed by atoms with Crippen molar-refractivity contribution in [3.63, 3.8) is 0 Å². The lowest BCUT2D eigenvalue weighted by Gasteiger charge is -2.29. The van der Waals surface area contributed by atoms with E-state index in [-0.39, 0.29) is 5.91 Å². The maximum atomic E-state index is 12.7. The summed E-state index contributed by atoms with van der Waals surface area (Å²) in [7, 11) is 0. The van der Waals surface area contributed by atoms with Crippen LogP contribution in [0.4, 0.5) is 5.69 Å². The summed E-state index contributed by atoms with van der Waals surface area (Å²) in [6.45, 7) is 2.97. The molecule has 1 aliphatic heterocycles. The van der Waals surface area contributed by atoms with E-state index in [0.29, 0.717) is 17.3 Å². The molecule has 0 aliphatic carbocycles. The minimum atomic E-state index is 0.0369. The second-order valence-electron chi connectivity index (χ2n) is 4.98. The van der Waals surface area contributed by atoms with Crippen LogP contribution < -0.4 is 11.3 Å². The number of nitrogens with one attached hydrogen (secondary N) is 1. The fourth-order valence-electron chi connectivity index (χ4n) is 2.71. The fraction of sp³-hybridized carbons (Fsp3) is 0.571. The third kappa shape index (κ3) is 3.04. The highest BCUT2D eigenvalue weighted by atomic mass is 16.2. The molecule has 0 aromatic carbocycles. The van der Waals surface area contributed by atoms with Crippen molar-refractivity contribution >= 4 is 11.6 Å². The molecule has 1 fully saturated rings. The summed E-state index contributed by atoms with van der Waals surface area (Å²) in [5, 5.41) is 0. The van der Waals surface area contributed by atoms with Crippen LogP contribution in [0.2, 0.25) is 0 Å². The molecule has 5 nitrogen and oxygen atoms in total. The van der Waals surface area contributed by atoms with Gasteiger partial charge in [0.15, 0.2) is 0 Å². The minimum Gasteiger partial charge on any atom is -0.336 e. The highest BCUT2D eigenvalue weighted by Crippen LogP contribution is 2.23. The van der Waals surface area contributed by atoms with Crippen molar-refractivity contribution in [2.75, 3.05) is 12.0 Å². The van der Waals surface area contributed by atoms with E-state index < -0.39 is 0 Å². The van der Waals surface area contributed by atoms with E-state index in [1.165, 1.54) is 12.8 Å². The van der Waals surface area contributed by atoms with Gasteiger partial charge in [-0.2, -0.15) is 0 Å². The number of likely N-dealkylation sites (tertiary alicyclic amines) is 1. The second kappa shape index (κ2) is 6.52. The van der Waals surface area contributed by atoms with Crippen molar-refractivity contribution < 1.29 is 4.79 Å². The van der Waals surface area contributed by atoms with E-state index in [2.05, 4.69) is 17.3 Å². The van der Waals surface area contributed by atoms with E-state index in [1.54, 1.807) is 18.5 Å². The number of carbonyl (C=O) groups excluding carboxylic acids is 1. The summed E-state index contributed by atoms with van der Waals surface area (Å²) >= 11 is 0. The molecule has 1 amide bonds. The molecule has 0 spiro atoms. The molecular weight excluding hydrogens is 240 g/mol. The summed E-state index contributed by atoms with van der Waals surface area (Å²) in [5.74, 6) is 5.50. The topological polar surface area (TPSA) is 71.2 Å². The highest BCUT2D eigenvalue weighted by molar-refractivity contribution is 5.99. The van der Waals surface area contributed by atoms with E-state index in [9.17, 15) is 4.79 Å². The molecule has 1 aliphatic rings. The van der Waals surface area contributed by atoms with Crippen molar-refractivity contribution in [1.82, 2.24) is 9.88 Å². The summed E-state index contributed by atoms with van der Waals surface area (Å²) in [6, 6.07) is 2.06. The first-order chi connectivity index (χ1) is 9.27. The van der Waals surface area contributed by atoms with Crippen molar-refractivity contribution in [1.29, 1.82) is 0 Å². The summed E-state index contributed by atoms with van der Waals surface area (Å²) in [5.41, 5.74) is 3.78. The number of anilines is 1. The Kier molecular flexibility index (Phi) is 4.74. The molecule has 0 bridgehead atoms. The van der Waals surface area contributed by atoms with Gasteiger partial charge in [0.1, 0.15) is 0 Å². The smallest absolute Gasteiger partial charge is 0.257 e. The number of hydrogen-bond donors (Lipinski definition) is 2. The van der Waals surface area contributed by atoms with Crippen LogP contribution in [0.1, 0.15) is 49.4 Å². The lowest BCUT2D eigenvalue weighted by molar-refractivity contribution is 0.0679. The van der Waals surface area contributed by atoms with Gasteiger partial charge in [0.05, 0.1) is 11.3 Å². The Bertz CT molecular complexity index is 435. The van der Waals surface area contributed by atoms with Crippen LogP contribution in [-0.2, 0) is 0 Å². The van der Waals surface area contributed by atoms with Crippen LogP contribution in [0.15, 0.2) is 18.5 Å². The van der Waals surface area contributed by atoms with Gasteiger partial charge in [-0.3, -0.25) is 15.6 Å². The fourth-order valence-corrected chi connectivity index (χ4v) is 2.71. The summed E-state index contributed by atoms with van der Waals surface area (Å²) in [6.07, 6.45) is 8.80. The van der Waals surface area contributed by atoms with Gasteiger partial charge in [0.25, 0.3) is 5.91 Å². The second-order valence-corrected chi connectivity index (χ2v) is 4.98. The van der Waals surface area contributed by atoms with Gasteiger partial charge in [0.2, 0.25) is 0 Å². The van der Waals surface area contributed by atoms with Crippen LogP contribution in [0, 0.1) is 0 Å². The Morgan fingerprint density at radius 1 is 1.53 bits per heavy atom. The molecule has 1 unspecified atom stereocenters. The van der Waals surface area contributed by atoms with Crippen molar-refractivity contribution in [3.8, 4) is 0 Å². The Morgan fingerprint density at radius 2 is 2.37 bits per heavy atom. The number of carbonyl (C=O) groups is 1. The number of nitrogen functional groups attached to an aromatic ring is 1. The Labute approximate surface area is 114 Å². The maximum Gasteiger partial charge on any atom is 0.257 e. The number of hydrazine groups is 1. The van der Waals surface area contributed by atoms with Crippen LogP contribution in [0.3, 0.4) is 0 Å². The van der Waals surface area contributed by atoms with E-state index in [4.69, 9.17) is 5.84 Å². The SMILES string of the molecule is CCC1CCCCCN1C(=O)c1cnccc1NN. The normalized spacial score (nSPS) is 19.9. The van der Waals surface area contributed by atoms with Gasteiger partial charge in [-0.25, -0.2) is 0 Å². The number of nitrogens with two attached hydrogens (primary N) is 1. The van der Waals surface area contributed by atoms with Crippen LogP contribution in [0.25, 0.3) is 0 Å². The highest BCUT2D eigenvalue weighted by Gasteiger charge is 2.26. The molecule has 3 N–H and O–H groups in total. The van der Waals surface area contributed by atoms with Crippen molar-refractivity contribution in [3.05, 3.63) is 24.0 Å². The predicted octanol–water partition coefficient (Wildman–Crippen LogP) is 2.16. The predicted molar refractivity (Wildman–Crippen MR) is 75.6 cm³/mol. The number of amides is 1. The lowest BCUT2D eigenvalue weighted by atomic mass is 10.1. The van der Waals surface area contributed by atoms with E-state index >= 15 is 0 Å². The van der Waals surface area contributed by atoms with Crippen LogP contribution >= 0.6 is 0 Å². The number of rotatable bonds is 3. The third-order valence-electron chi connectivity index (χ3n) is 3.82. The maximum absolute atomic E-state index is 12.7. The van der Waals surface area contributed by atoms with Gasteiger partial charge in [-0.1, -0.05) is 19.8 Å². The zero-order valence-corrected chi connectivity index (χ0v) is 11.4. The molecule has 5 heteroatoms. The molecule has 1 saturated heterocycles. The molecule has 0 radical (unpaired) electrons. The Balaban J connectivity index is 2.25. The number of pyridine rings is 1. The third-order valence-corrected chi connectivity index (χ3v) is 3.82. The Hall–Kier alpha value is -1.62. The summed E-state index contributed by atoms with van der Waals surface area (Å²) in [4.78, 5) is 18.7. The first kappa shape index (κ1) is 13.8. The molecule has 19 heavy (non-hydrogen) atoms. The average molecular weight is 262 g/mol. The van der Waals surface area contributed by atoms with Gasteiger partial charge in [-0.05, 0) is 25.3 Å². The van der Waals surface area contributed by atoms with Crippen LogP contribution in [0.5, 0.6) is 0 Å². The van der Waals surface area contributed by atoms with E-state index in [1.807, 2.05) is 4.90 Å². The number of aromatic nitrogens is 1. The molecule has 0 saturated carbocycles. The lowest BCUT2D eigenvalue weighted by Crippen LogP contribution is -2.40. The molecule has 1 aromatic rings. The number of nitrogens with zero attached hydrogens (tertiary/aromatic N) is 2. The summed E-state index contributed by atoms with van der Waals surface area (Å²) < 4.78 is 0. The molecule has 1 atom stereocenters. The van der Waals surface area contributed by atoms with Crippen molar-refractivity contribution in [2.24, 2.45) is 5.84 Å². The standard InChI is InChI=1S/C14H22N4O/c1-2-11-6-4-3-5-9-18(11)14(19)12-10-16-8-7-13(12)17-15/h7-8,10-11H,2-6,9,15H2,1H3,(H,16,17). The first-order valence-corrected chi connectivity index (χ1v) is 6.99. The first-order valence-electron chi connectivity index (χ1n) is 6.99. The minimum absolute atomic E-state index is 0.0369. The largest absolute Gasteiger partial charge is 0.336 e. The molecule has 1 aromatic heterocycles. The Morgan fingerprint density at radius 3 is 3.11 bits per heavy atom. The van der Waals surface area contributed by atoms with Crippen molar-refractivity contribution in [2.45, 2.75) is 45.1 Å². The molecule has 2 rings (SSSR count). The van der Waals surface area contributed by atoms with Gasteiger partial charge in [0, 0.05) is 25.0 Å². The quantitative estimate of drug-likeness (QED) is 0.647. The zero-order valence-electron chi connectivity index (χ0n) is 11.4. The molecular formula is C14H22N4O. The zero-order chi connectivity index (χ0) is 13.7. The number of hydrogen-bond acceptors (Lipinski definition) is 4. The van der Waals surface area contributed by atoms with Crippen LogP contribution in [-0.4, -0.2) is 28.4 Å². The van der Waals surface area contributed by atoms with E-state index in [0.717, 1.165) is 25.8 Å². The molecule has 104 valence electrons. The van der Waals surface area contributed by atoms with Gasteiger partial charge < -0.3 is 10.3 Å². The van der Waals surface area contributed by atoms with Gasteiger partial charge >= 0.3 is 0 Å². The monoisotopic (exact) mass is 262 g/mol. The average Bonchev–Trinajstić information content (AvgIpc) is 2.71.